The number of piperidine rings is 1. The number of benzene rings is 2. The predicted octanol–water partition coefficient (Wildman–Crippen LogP) is 4.51. The Morgan fingerprint density at radius 3 is 2.27 bits per heavy atom. The second-order valence-corrected chi connectivity index (χ2v) is 8.98. The van der Waals surface area contributed by atoms with E-state index in [1.807, 2.05) is 0 Å². The van der Waals surface area contributed by atoms with Crippen molar-refractivity contribution in [2.75, 3.05) is 34.4 Å². The molecule has 2 atom stereocenters. The minimum atomic E-state index is -0.222. The number of carbonyl (C=O) groups excluding carboxylic acids is 1. The van der Waals surface area contributed by atoms with Crippen molar-refractivity contribution in [3.63, 3.8) is 0 Å². The zero-order valence-corrected chi connectivity index (χ0v) is 19.8. The quantitative estimate of drug-likeness (QED) is 0.645. The van der Waals surface area contributed by atoms with Crippen LogP contribution in [0.1, 0.15) is 41.8 Å². The summed E-state index contributed by atoms with van der Waals surface area (Å²) in [6.45, 7) is 6.94. The van der Waals surface area contributed by atoms with E-state index in [4.69, 9.17) is 18.9 Å². The second-order valence-electron chi connectivity index (χ2n) is 8.98. The third kappa shape index (κ3) is 4.50. The number of phenolic OH excluding ortho intramolecular Hbond substituents is 1. The molecular formula is C26H31NO6. The van der Waals surface area contributed by atoms with Crippen molar-refractivity contribution in [3.05, 3.63) is 46.7 Å². The molecule has 2 aliphatic rings. The number of phenols is 1. The van der Waals surface area contributed by atoms with E-state index in [9.17, 15) is 9.90 Å². The van der Waals surface area contributed by atoms with Gasteiger partial charge in [-0.1, -0.05) is 13.8 Å². The van der Waals surface area contributed by atoms with Crippen LogP contribution in [0.4, 0.5) is 0 Å². The molecule has 176 valence electrons. The van der Waals surface area contributed by atoms with Crippen molar-refractivity contribution in [2.45, 2.75) is 26.8 Å². The van der Waals surface area contributed by atoms with Crippen LogP contribution >= 0.6 is 0 Å². The number of nitrogens with zero attached hydrogens (tertiary/aromatic N) is 1. The van der Waals surface area contributed by atoms with Crippen LogP contribution in [0.2, 0.25) is 0 Å². The molecule has 0 aliphatic carbocycles. The van der Waals surface area contributed by atoms with Crippen molar-refractivity contribution >= 4 is 11.9 Å². The Labute approximate surface area is 194 Å². The van der Waals surface area contributed by atoms with Gasteiger partial charge in [0.15, 0.2) is 17.3 Å². The van der Waals surface area contributed by atoms with Gasteiger partial charge in [0, 0.05) is 19.6 Å². The summed E-state index contributed by atoms with van der Waals surface area (Å²) in [5, 5.41) is 10.6. The third-order valence-corrected chi connectivity index (χ3v) is 6.23. The van der Waals surface area contributed by atoms with E-state index >= 15 is 0 Å². The van der Waals surface area contributed by atoms with Gasteiger partial charge in [0.1, 0.15) is 11.5 Å². The second kappa shape index (κ2) is 9.35. The zero-order chi connectivity index (χ0) is 23.7. The summed E-state index contributed by atoms with van der Waals surface area (Å²) >= 11 is 0. The largest absolute Gasteiger partial charge is 0.507 e. The summed E-state index contributed by atoms with van der Waals surface area (Å²) < 4.78 is 22.2. The molecule has 0 radical (unpaired) electrons. The van der Waals surface area contributed by atoms with Crippen LogP contribution in [0.15, 0.2) is 30.0 Å². The molecule has 0 bridgehead atoms. The number of hydrogen-bond acceptors (Lipinski definition) is 7. The van der Waals surface area contributed by atoms with Crippen LogP contribution in [0.25, 0.3) is 6.08 Å². The average molecular weight is 454 g/mol. The molecule has 1 saturated heterocycles. The Morgan fingerprint density at radius 2 is 1.70 bits per heavy atom. The van der Waals surface area contributed by atoms with Gasteiger partial charge in [0.2, 0.25) is 11.5 Å². The molecule has 0 saturated carbocycles. The molecule has 2 heterocycles. The van der Waals surface area contributed by atoms with Crippen molar-refractivity contribution in [1.29, 1.82) is 0 Å². The molecule has 0 unspecified atom stereocenters. The SMILES string of the molecule is COc1cc(C=C2Oc3c(ccc(O)c3CN3C[C@H](C)C[C@H](C)C3)C2=O)cc(OC)c1OC. The molecule has 7 heteroatoms. The number of allylic oxidation sites excluding steroid dienone is 1. The predicted molar refractivity (Wildman–Crippen MR) is 125 cm³/mol. The number of hydrogen-bond donors (Lipinski definition) is 1. The van der Waals surface area contributed by atoms with E-state index < -0.39 is 0 Å². The Hall–Kier alpha value is -3.19. The first-order valence-corrected chi connectivity index (χ1v) is 11.2. The van der Waals surface area contributed by atoms with E-state index in [2.05, 4.69) is 18.7 Å². The van der Waals surface area contributed by atoms with Gasteiger partial charge in [-0.15, -0.1) is 0 Å². The molecule has 7 nitrogen and oxygen atoms in total. The molecule has 2 aromatic carbocycles. The fourth-order valence-corrected chi connectivity index (χ4v) is 4.93. The van der Waals surface area contributed by atoms with Gasteiger partial charge in [-0.05, 0) is 54.2 Å². The Morgan fingerprint density at radius 1 is 1.06 bits per heavy atom. The van der Waals surface area contributed by atoms with Crippen LogP contribution in [0.5, 0.6) is 28.7 Å². The molecule has 4 rings (SSSR count). The number of aromatic hydroxyl groups is 1. The third-order valence-electron chi connectivity index (χ3n) is 6.23. The summed E-state index contributed by atoms with van der Waals surface area (Å²) in [5.41, 5.74) is 1.78. The molecule has 0 aromatic heterocycles. The molecule has 33 heavy (non-hydrogen) atoms. The van der Waals surface area contributed by atoms with Crippen LogP contribution in [0, 0.1) is 11.8 Å². The van der Waals surface area contributed by atoms with E-state index in [1.54, 1.807) is 44.6 Å². The van der Waals surface area contributed by atoms with Gasteiger partial charge < -0.3 is 24.1 Å². The molecular weight excluding hydrogens is 422 g/mol. The minimum Gasteiger partial charge on any atom is -0.507 e. The fourth-order valence-electron chi connectivity index (χ4n) is 4.93. The maximum atomic E-state index is 13.1. The average Bonchev–Trinajstić information content (AvgIpc) is 3.09. The molecule has 2 aromatic rings. The van der Waals surface area contributed by atoms with Gasteiger partial charge >= 0.3 is 0 Å². The van der Waals surface area contributed by atoms with Gasteiger partial charge in [-0.25, -0.2) is 0 Å². The highest BCUT2D eigenvalue weighted by Crippen LogP contribution is 2.42. The normalized spacial score (nSPS) is 21.6. The Bertz CT molecular complexity index is 1060. The first-order valence-electron chi connectivity index (χ1n) is 11.2. The highest BCUT2D eigenvalue weighted by Gasteiger charge is 2.33. The summed E-state index contributed by atoms with van der Waals surface area (Å²) in [6.07, 6.45) is 2.85. The van der Waals surface area contributed by atoms with Crippen molar-refractivity contribution in [3.8, 4) is 28.7 Å². The van der Waals surface area contributed by atoms with E-state index in [-0.39, 0.29) is 17.3 Å². The van der Waals surface area contributed by atoms with Crippen molar-refractivity contribution in [1.82, 2.24) is 4.90 Å². The van der Waals surface area contributed by atoms with E-state index in [0.29, 0.717) is 58.1 Å². The van der Waals surface area contributed by atoms with Crippen molar-refractivity contribution in [2.24, 2.45) is 11.8 Å². The van der Waals surface area contributed by atoms with Gasteiger partial charge in [0.25, 0.3) is 0 Å². The summed E-state index contributed by atoms with van der Waals surface area (Å²) in [4.78, 5) is 15.4. The van der Waals surface area contributed by atoms with Crippen LogP contribution in [-0.2, 0) is 6.54 Å². The maximum absolute atomic E-state index is 13.1. The van der Waals surface area contributed by atoms with Crippen molar-refractivity contribution < 1.29 is 28.8 Å². The topological polar surface area (TPSA) is 77.5 Å². The first-order chi connectivity index (χ1) is 15.8. The first kappa shape index (κ1) is 23.0. The number of rotatable bonds is 6. The Kier molecular flexibility index (Phi) is 6.51. The maximum Gasteiger partial charge on any atom is 0.231 e. The number of ketones is 1. The van der Waals surface area contributed by atoms with Gasteiger partial charge in [0.05, 0.1) is 32.5 Å². The number of fused-ring (bicyclic) bond motifs is 1. The van der Waals surface area contributed by atoms with E-state index in [0.717, 1.165) is 13.1 Å². The lowest BCUT2D eigenvalue weighted by Crippen LogP contribution is -2.38. The van der Waals surface area contributed by atoms with Gasteiger partial charge in [-0.3, -0.25) is 9.69 Å². The van der Waals surface area contributed by atoms with Crippen LogP contribution in [0.3, 0.4) is 0 Å². The lowest BCUT2D eigenvalue weighted by atomic mass is 9.91. The summed E-state index contributed by atoms with van der Waals surface area (Å²) in [6, 6.07) is 6.70. The summed E-state index contributed by atoms with van der Waals surface area (Å²) in [7, 11) is 4.62. The number of likely N-dealkylation sites (tertiary alicyclic amines) is 1. The molecule has 0 amide bonds. The number of ether oxygens (including phenoxy) is 4. The monoisotopic (exact) mass is 453 g/mol. The lowest BCUT2D eigenvalue weighted by Gasteiger charge is -2.35. The van der Waals surface area contributed by atoms with Crippen LogP contribution in [-0.4, -0.2) is 50.2 Å². The number of methoxy groups -OCH3 is 3. The van der Waals surface area contributed by atoms with E-state index in [1.165, 1.54) is 13.5 Å². The standard InChI is InChI=1S/C26H31NO6/c1-15-8-16(2)13-27(12-15)14-19-20(28)7-6-18-24(29)21(33-25(18)19)9-17-10-22(30-3)26(32-5)23(11-17)31-4/h6-7,9-11,15-16,28H,8,12-14H2,1-5H3/t15-,16+. The molecule has 2 aliphatic heterocycles. The minimum absolute atomic E-state index is 0.140. The molecule has 1 N–H and O–H groups in total. The highest BCUT2D eigenvalue weighted by molar-refractivity contribution is 6.15. The lowest BCUT2D eigenvalue weighted by molar-refractivity contribution is 0.101. The number of carbonyl (C=O) groups is 1. The number of Topliss-reactive ketones (excluding diaryl/α,β-unsaturated/α-hetero) is 1. The van der Waals surface area contributed by atoms with Crippen LogP contribution < -0.4 is 18.9 Å². The summed E-state index contributed by atoms with van der Waals surface area (Å²) in [5.74, 6) is 3.16. The highest BCUT2D eigenvalue weighted by atomic mass is 16.5. The smallest absolute Gasteiger partial charge is 0.231 e. The van der Waals surface area contributed by atoms with Gasteiger partial charge in [-0.2, -0.15) is 0 Å². The zero-order valence-electron chi connectivity index (χ0n) is 19.8. The fraction of sp³-hybridized carbons (Fsp3) is 0.423. The Balaban J connectivity index is 1.66. The molecule has 1 fully saturated rings. The molecule has 0 spiro atoms.